The molecule has 0 aliphatic heterocycles. The van der Waals surface area contributed by atoms with Gasteiger partial charge in [0.2, 0.25) is 11.7 Å². The summed E-state index contributed by atoms with van der Waals surface area (Å²) >= 11 is 1.30. The van der Waals surface area contributed by atoms with Gasteiger partial charge in [0.25, 0.3) is 5.56 Å². The zero-order valence-electron chi connectivity index (χ0n) is 18.8. The Hall–Kier alpha value is -3.59. The van der Waals surface area contributed by atoms with Gasteiger partial charge in [0.15, 0.2) is 5.16 Å². The molecule has 9 heteroatoms. The Balaban J connectivity index is 1.82. The molecule has 1 amide bonds. The molecule has 0 radical (unpaired) electrons. The highest BCUT2D eigenvalue weighted by atomic mass is 32.2. The van der Waals surface area contributed by atoms with Gasteiger partial charge in [0.1, 0.15) is 5.75 Å². The molecule has 0 saturated carbocycles. The maximum Gasteiger partial charge on any atom is 0.267 e. The molecule has 170 valence electrons. The third-order valence-electron chi connectivity index (χ3n) is 5.23. The van der Waals surface area contributed by atoms with Crippen molar-refractivity contribution in [1.29, 1.82) is 0 Å². The molecule has 0 saturated heterocycles. The summed E-state index contributed by atoms with van der Waals surface area (Å²) in [4.78, 5) is 27.9. The Morgan fingerprint density at radius 3 is 2.70 bits per heavy atom. The molecule has 2 aromatic carbocycles. The van der Waals surface area contributed by atoms with Crippen molar-refractivity contribution < 1.29 is 9.53 Å². The van der Waals surface area contributed by atoms with Gasteiger partial charge in [-0.05, 0) is 38.1 Å². The molecule has 0 spiro atoms. The summed E-state index contributed by atoms with van der Waals surface area (Å²) in [5.41, 5.74) is 2.03. The number of benzene rings is 2. The van der Waals surface area contributed by atoms with E-state index >= 15 is 0 Å². The number of likely N-dealkylation sites (N-methyl/N-ethyl adjacent to an activating group) is 1. The summed E-state index contributed by atoms with van der Waals surface area (Å²) in [6.07, 6.45) is 0. The van der Waals surface area contributed by atoms with Crippen molar-refractivity contribution in [3.05, 3.63) is 71.0 Å². The third kappa shape index (κ3) is 4.36. The lowest BCUT2D eigenvalue weighted by molar-refractivity contribution is -0.127. The van der Waals surface area contributed by atoms with Gasteiger partial charge in [0.05, 0.1) is 29.5 Å². The number of carbonyl (C=O) groups excluding carboxylic acids is 1. The topological polar surface area (TPSA) is 81.7 Å². The van der Waals surface area contributed by atoms with E-state index < -0.39 is 0 Å². The fourth-order valence-corrected chi connectivity index (χ4v) is 4.52. The highest BCUT2D eigenvalue weighted by molar-refractivity contribution is 7.99. The Morgan fingerprint density at radius 2 is 1.97 bits per heavy atom. The zero-order chi connectivity index (χ0) is 23.5. The third-order valence-corrected chi connectivity index (χ3v) is 6.14. The Bertz CT molecular complexity index is 1410. The molecule has 2 aromatic heterocycles. The molecule has 8 nitrogen and oxygen atoms in total. The predicted octanol–water partition coefficient (Wildman–Crippen LogP) is 3.56. The summed E-state index contributed by atoms with van der Waals surface area (Å²) in [5, 5.41) is 9.72. The number of rotatable bonds is 8. The lowest BCUT2D eigenvalue weighted by Gasteiger charge is -2.20. The molecular formula is C24H25N5O3S. The fraction of sp³-hybridized carbons (Fsp3) is 0.250. The van der Waals surface area contributed by atoms with Gasteiger partial charge in [-0.1, -0.05) is 42.1 Å². The first-order valence-corrected chi connectivity index (χ1v) is 11.5. The van der Waals surface area contributed by atoms with E-state index in [9.17, 15) is 9.59 Å². The molecule has 0 atom stereocenters. The van der Waals surface area contributed by atoms with Crippen molar-refractivity contribution >= 4 is 34.3 Å². The van der Waals surface area contributed by atoms with Crippen LogP contribution in [0.2, 0.25) is 0 Å². The van der Waals surface area contributed by atoms with Crippen LogP contribution < -0.4 is 10.3 Å². The number of hydrogen-bond acceptors (Lipinski definition) is 6. The predicted molar refractivity (Wildman–Crippen MR) is 130 cm³/mol. The minimum absolute atomic E-state index is 0.00678. The molecule has 0 aliphatic rings. The van der Waals surface area contributed by atoms with E-state index in [2.05, 4.69) is 16.8 Å². The average molecular weight is 464 g/mol. The summed E-state index contributed by atoms with van der Waals surface area (Å²) in [6.45, 7) is 8.87. The first-order chi connectivity index (χ1) is 15.9. The molecule has 4 rings (SSSR count). The SMILES string of the molecule is C=C(C)CN(CC)C(=O)CSc1nnc2n(-c3cccc(OC)c3)c(=O)c3ccccc3n12. The van der Waals surface area contributed by atoms with E-state index in [1.165, 1.54) is 16.3 Å². The number of nitrogens with zero attached hydrogens (tertiary/aromatic N) is 5. The summed E-state index contributed by atoms with van der Waals surface area (Å²) < 4.78 is 8.68. The second-order valence-electron chi connectivity index (χ2n) is 7.63. The quantitative estimate of drug-likeness (QED) is 0.294. The van der Waals surface area contributed by atoms with Gasteiger partial charge in [-0.2, -0.15) is 0 Å². The van der Waals surface area contributed by atoms with Crippen LogP contribution in [0.15, 0.2) is 70.6 Å². The summed E-state index contributed by atoms with van der Waals surface area (Å²) in [6, 6.07) is 14.5. The van der Waals surface area contributed by atoms with Gasteiger partial charge in [-0.3, -0.25) is 14.0 Å². The van der Waals surface area contributed by atoms with E-state index in [0.29, 0.717) is 46.4 Å². The average Bonchev–Trinajstić information content (AvgIpc) is 3.25. The van der Waals surface area contributed by atoms with Crippen LogP contribution in [-0.2, 0) is 4.79 Å². The number of carbonyl (C=O) groups is 1. The smallest absolute Gasteiger partial charge is 0.267 e. The van der Waals surface area contributed by atoms with Gasteiger partial charge < -0.3 is 9.64 Å². The number of para-hydroxylation sites is 1. The number of thioether (sulfide) groups is 1. The van der Waals surface area contributed by atoms with E-state index in [1.807, 2.05) is 54.6 Å². The highest BCUT2D eigenvalue weighted by Crippen LogP contribution is 2.24. The van der Waals surface area contributed by atoms with Crippen LogP contribution >= 0.6 is 11.8 Å². The minimum atomic E-state index is -0.204. The highest BCUT2D eigenvalue weighted by Gasteiger charge is 2.20. The van der Waals surface area contributed by atoms with Crippen molar-refractivity contribution in [1.82, 2.24) is 24.1 Å². The maximum absolute atomic E-state index is 13.4. The Kier molecular flexibility index (Phi) is 6.50. The van der Waals surface area contributed by atoms with Gasteiger partial charge in [0, 0.05) is 19.2 Å². The lowest BCUT2D eigenvalue weighted by Crippen LogP contribution is -2.33. The molecule has 0 N–H and O–H groups in total. The summed E-state index contributed by atoms with van der Waals surface area (Å²) in [5.74, 6) is 1.19. The van der Waals surface area contributed by atoms with Crippen LogP contribution in [0, 0.1) is 0 Å². The first-order valence-electron chi connectivity index (χ1n) is 10.5. The van der Waals surface area contributed by atoms with E-state index in [4.69, 9.17) is 4.74 Å². The van der Waals surface area contributed by atoms with Crippen molar-refractivity contribution in [2.75, 3.05) is 26.0 Å². The normalized spacial score (nSPS) is 11.1. The minimum Gasteiger partial charge on any atom is -0.497 e. The zero-order valence-corrected chi connectivity index (χ0v) is 19.6. The fourth-order valence-electron chi connectivity index (χ4n) is 3.67. The van der Waals surface area contributed by atoms with Crippen LogP contribution in [-0.4, -0.2) is 55.9 Å². The van der Waals surface area contributed by atoms with Gasteiger partial charge >= 0.3 is 0 Å². The number of methoxy groups -OCH3 is 1. The molecular weight excluding hydrogens is 438 g/mol. The van der Waals surface area contributed by atoms with Gasteiger partial charge in [-0.25, -0.2) is 4.57 Å². The molecule has 0 aliphatic carbocycles. The van der Waals surface area contributed by atoms with Crippen LogP contribution in [0.4, 0.5) is 0 Å². The number of ether oxygens (including phenoxy) is 1. The molecule has 0 unspecified atom stereocenters. The molecule has 2 heterocycles. The molecule has 33 heavy (non-hydrogen) atoms. The van der Waals surface area contributed by atoms with Crippen molar-refractivity contribution in [3.63, 3.8) is 0 Å². The number of amides is 1. The second kappa shape index (κ2) is 9.50. The Morgan fingerprint density at radius 1 is 1.18 bits per heavy atom. The van der Waals surface area contributed by atoms with Gasteiger partial charge in [-0.15, -0.1) is 10.2 Å². The van der Waals surface area contributed by atoms with Crippen LogP contribution in [0.25, 0.3) is 22.4 Å². The largest absolute Gasteiger partial charge is 0.497 e. The van der Waals surface area contributed by atoms with Crippen LogP contribution in [0.3, 0.4) is 0 Å². The molecule has 4 aromatic rings. The molecule has 0 bridgehead atoms. The van der Waals surface area contributed by atoms with Crippen molar-refractivity contribution in [2.45, 2.75) is 19.0 Å². The lowest BCUT2D eigenvalue weighted by atomic mass is 10.2. The van der Waals surface area contributed by atoms with E-state index in [-0.39, 0.29) is 17.2 Å². The van der Waals surface area contributed by atoms with Crippen molar-refractivity contribution in [2.24, 2.45) is 0 Å². The second-order valence-corrected chi connectivity index (χ2v) is 8.57. The number of aromatic nitrogens is 4. The number of hydrogen-bond donors (Lipinski definition) is 0. The van der Waals surface area contributed by atoms with Crippen LogP contribution in [0.5, 0.6) is 5.75 Å². The maximum atomic E-state index is 13.4. The van der Waals surface area contributed by atoms with Crippen molar-refractivity contribution in [3.8, 4) is 11.4 Å². The first kappa shape index (κ1) is 22.6. The summed E-state index contributed by atoms with van der Waals surface area (Å²) in [7, 11) is 1.58. The van der Waals surface area contributed by atoms with Crippen LogP contribution in [0.1, 0.15) is 13.8 Å². The Labute approximate surface area is 195 Å². The number of fused-ring (bicyclic) bond motifs is 3. The monoisotopic (exact) mass is 463 g/mol. The van der Waals surface area contributed by atoms with E-state index in [0.717, 1.165) is 5.57 Å². The van der Waals surface area contributed by atoms with E-state index in [1.54, 1.807) is 24.1 Å². The molecule has 0 fully saturated rings. The standard InChI is InChI=1S/C24H25N5O3S/c1-5-27(14-16(2)3)21(30)15-33-24-26-25-23-28(17-9-8-10-18(13-17)32-4)22(31)19-11-6-7-12-20(19)29(23)24/h6-13H,2,5,14-15H2,1,3-4H3.